The third-order valence-corrected chi connectivity index (χ3v) is 7.82. The second kappa shape index (κ2) is 11.2. The summed E-state index contributed by atoms with van der Waals surface area (Å²) in [5.74, 6) is 0.444. The highest BCUT2D eigenvalue weighted by Crippen LogP contribution is 2.32. The number of aromatic amines is 1. The van der Waals surface area contributed by atoms with Crippen molar-refractivity contribution >= 4 is 34.0 Å². The number of benzene rings is 2. The van der Waals surface area contributed by atoms with Crippen LogP contribution in [0.2, 0.25) is 0 Å². The molecule has 9 heteroatoms. The Labute approximate surface area is 241 Å². The number of nitrogens with zero attached hydrogens (tertiary/aromatic N) is 4. The summed E-state index contributed by atoms with van der Waals surface area (Å²) in [6, 6.07) is 25.9. The molecule has 204 valence electrons. The molecule has 0 saturated heterocycles. The minimum absolute atomic E-state index is 0.199. The van der Waals surface area contributed by atoms with Gasteiger partial charge in [0.1, 0.15) is 0 Å². The molecule has 6 rings (SSSR count). The smallest absolute Gasteiger partial charge is 0.266 e. The standard InChI is InChI=1S/C32H28N6O2S/c1-21-17-35-32(41-21)38-15-9-14-24(31(38)40)27-16-25-26(30(39)33-2)18-34-29(28(25)36-27)37(19-22-10-5-3-6-11-22)20-23-12-7-4-8-13-23/h3-18,36H,19-20H2,1-2H3,(H,33,39). The molecule has 0 bridgehead atoms. The largest absolute Gasteiger partial charge is 0.355 e. The summed E-state index contributed by atoms with van der Waals surface area (Å²) in [5, 5.41) is 4.01. The Morgan fingerprint density at radius 1 is 0.951 bits per heavy atom. The summed E-state index contributed by atoms with van der Waals surface area (Å²) in [5.41, 5.74) is 4.26. The van der Waals surface area contributed by atoms with Crippen molar-refractivity contribution in [3.05, 3.63) is 129 Å². The van der Waals surface area contributed by atoms with E-state index in [-0.39, 0.29) is 11.5 Å². The van der Waals surface area contributed by atoms with E-state index in [1.807, 2.05) is 55.5 Å². The highest BCUT2D eigenvalue weighted by Gasteiger charge is 2.22. The monoisotopic (exact) mass is 560 g/mol. The van der Waals surface area contributed by atoms with Crippen LogP contribution in [0.15, 0.2) is 102 Å². The highest BCUT2D eigenvalue weighted by atomic mass is 32.1. The Kier molecular flexibility index (Phi) is 7.18. The van der Waals surface area contributed by atoms with E-state index in [1.54, 1.807) is 36.3 Å². The summed E-state index contributed by atoms with van der Waals surface area (Å²) in [4.78, 5) is 42.4. The molecular weight excluding hydrogens is 532 g/mol. The number of nitrogens with one attached hydrogen (secondary N) is 2. The van der Waals surface area contributed by atoms with Crippen LogP contribution in [0, 0.1) is 6.92 Å². The van der Waals surface area contributed by atoms with Gasteiger partial charge in [-0.2, -0.15) is 0 Å². The second-order valence-corrected chi connectivity index (χ2v) is 10.9. The maximum absolute atomic E-state index is 13.6. The van der Waals surface area contributed by atoms with Crippen LogP contribution >= 0.6 is 11.3 Å². The van der Waals surface area contributed by atoms with Gasteiger partial charge in [-0.15, -0.1) is 11.3 Å². The molecule has 0 radical (unpaired) electrons. The van der Waals surface area contributed by atoms with Gasteiger partial charge in [-0.1, -0.05) is 60.7 Å². The van der Waals surface area contributed by atoms with Crippen molar-refractivity contribution in [3.8, 4) is 16.4 Å². The van der Waals surface area contributed by atoms with Crippen LogP contribution in [0.4, 0.5) is 5.82 Å². The minimum Gasteiger partial charge on any atom is -0.355 e. The topological polar surface area (TPSA) is 95.9 Å². The molecule has 8 nitrogen and oxygen atoms in total. The van der Waals surface area contributed by atoms with E-state index in [2.05, 4.69) is 44.5 Å². The molecule has 2 aromatic carbocycles. The van der Waals surface area contributed by atoms with Gasteiger partial charge < -0.3 is 15.2 Å². The lowest BCUT2D eigenvalue weighted by Crippen LogP contribution is -2.24. The number of carbonyl (C=O) groups excluding carboxylic acids is 1. The summed E-state index contributed by atoms with van der Waals surface area (Å²) in [6.45, 7) is 3.17. The van der Waals surface area contributed by atoms with E-state index in [0.29, 0.717) is 51.8 Å². The molecule has 4 heterocycles. The van der Waals surface area contributed by atoms with Gasteiger partial charge in [0.2, 0.25) is 0 Å². The summed E-state index contributed by atoms with van der Waals surface area (Å²) in [7, 11) is 1.60. The first-order valence-electron chi connectivity index (χ1n) is 13.2. The fraction of sp³-hybridized carbons (Fsp3) is 0.125. The van der Waals surface area contributed by atoms with Crippen LogP contribution in [-0.2, 0) is 13.1 Å². The molecule has 0 spiro atoms. The molecule has 6 aromatic rings. The Bertz CT molecular complexity index is 1850. The lowest BCUT2D eigenvalue weighted by molar-refractivity contribution is 0.0964. The Morgan fingerprint density at radius 2 is 1.63 bits per heavy atom. The quantitative estimate of drug-likeness (QED) is 0.249. The van der Waals surface area contributed by atoms with Crippen molar-refractivity contribution in [3.63, 3.8) is 0 Å². The molecule has 0 aliphatic carbocycles. The number of amides is 1. The molecule has 0 saturated carbocycles. The molecule has 0 fully saturated rings. The molecule has 2 N–H and O–H groups in total. The summed E-state index contributed by atoms with van der Waals surface area (Å²) >= 11 is 1.45. The lowest BCUT2D eigenvalue weighted by Gasteiger charge is -2.25. The minimum atomic E-state index is -0.249. The molecule has 0 unspecified atom stereocenters. The number of fused-ring (bicyclic) bond motifs is 1. The zero-order valence-electron chi connectivity index (χ0n) is 22.7. The maximum atomic E-state index is 13.6. The normalized spacial score (nSPS) is 11.1. The van der Waals surface area contributed by atoms with E-state index >= 15 is 0 Å². The van der Waals surface area contributed by atoms with Crippen molar-refractivity contribution in [1.29, 1.82) is 0 Å². The predicted octanol–water partition coefficient (Wildman–Crippen LogP) is 5.71. The number of aromatic nitrogens is 4. The number of thiazole rings is 1. The number of pyridine rings is 2. The average Bonchev–Trinajstić information content (AvgIpc) is 3.64. The lowest BCUT2D eigenvalue weighted by atomic mass is 10.1. The van der Waals surface area contributed by atoms with E-state index in [0.717, 1.165) is 16.0 Å². The van der Waals surface area contributed by atoms with Gasteiger partial charge in [0.25, 0.3) is 11.5 Å². The fourth-order valence-electron chi connectivity index (χ4n) is 4.92. The zero-order chi connectivity index (χ0) is 28.3. The first-order valence-corrected chi connectivity index (χ1v) is 14.0. The third kappa shape index (κ3) is 5.27. The van der Waals surface area contributed by atoms with Crippen LogP contribution in [0.3, 0.4) is 0 Å². The molecule has 0 aliphatic heterocycles. The Balaban J connectivity index is 1.52. The van der Waals surface area contributed by atoms with Gasteiger partial charge in [0, 0.05) is 49.0 Å². The predicted molar refractivity (Wildman–Crippen MR) is 164 cm³/mol. The van der Waals surface area contributed by atoms with E-state index in [1.165, 1.54) is 11.3 Å². The Morgan fingerprint density at radius 3 is 2.24 bits per heavy atom. The molecular formula is C32H28N6O2S. The highest BCUT2D eigenvalue weighted by molar-refractivity contribution is 7.14. The number of rotatable bonds is 8. The first kappa shape index (κ1) is 26.2. The van der Waals surface area contributed by atoms with Crippen molar-refractivity contribution in [1.82, 2.24) is 24.8 Å². The summed E-state index contributed by atoms with van der Waals surface area (Å²) < 4.78 is 1.55. The maximum Gasteiger partial charge on any atom is 0.266 e. The zero-order valence-corrected chi connectivity index (χ0v) is 23.5. The second-order valence-electron chi connectivity index (χ2n) is 9.72. The van der Waals surface area contributed by atoms with E-state index < -0.39 is 0 Å². The van der Waals surface area contributed by atoms with Gasteiger partial charge in [-0.25, -0.2) is 9.97 Å². The Hall–Kier alpha value is -5.02. The molecule has 0 atom stereocenters. The van der Waals surface area contributed by atoms with Crippen LogP contribution in [-0.4, -0.2) is 32.5 Å². The van der Waals surface area contributed by atoms with Crippen molar-refractivity contribution in [2.24, 2.45) is 0 Å². The van der Waals surface area contributed by atoms with Crippen molar-refractivity contribution < 1.29 is 4.79 Å². The van der Waals surface area contributed by atoms with Gasteiger partial charge in [0.05, 0.1) is 22.3 Å². The van der Waals surface area contributed by atoms with E-state index in [4.69, 9.17) is 4.98 Å². The number of hydrogen-bond donors (Lipinski definition) is 2. The van der Waals surface area contributed by atoms with Gasteiger partial charge in [0.15, 0.2) is 10.9 Å². The number of carbonyl (C=O) groups is 1. The fourth-order valence-corrected chi connectivity index (χ4v) is 5.66. The van der Waals surface area contributed by atoms with Crippen molar-refractivity contribution in [2.75, 3.05) is 11.9 Å². The van der Waals surface area contributed by atoms with Crippen LogP contribution in [0.25, 0.3) is 27.3 Å². The van der Waals surface area contributed by atoms with Crippen LogP contribution < -0.4 is 15.8 Å². The van der Waals surface area contributed by atoms with Gasteiger partial charge >= 0.3 is 0 Å². The molecule has 1 amide bonds. The number of H-pyrrole nitrogens is 1. The molecule has 41 heavy (non-hydrogen) atoms. The average molecular weight is 561 g/mol. The number of aryl methyl sites for hydroxylation is 1. The van der Waals surface area contributed by atoms with Crippen LogP contribution in [0.5, 0.6) is 0 Å². The molecule has 0 aliphatic rings. The summed E-state index contributed by atoms with van der Waals surface area (Å²) in [6.07, 6.45) is 5.08. The van der Waals surface area contributed by atoms with Crippen LogP contribution in [0.1, 0.15) is 26.4 Å². The van der Waals surface area contributed by atoms with Crippen molar-refractivity contribution in [2.45, 2.75) is 20.0 Å². The third-order valence-electron chi connectivity index (χ3n) is 6.90. The van der Waals surface area contributed by atoms with Gasteiger partial charge in [-0.3, -0.25) is 14.2 Å². The molecule has 4 aromatic heterocycles. The number of hydrogen-bond acceptors (Lipinski definition) is 6. The SMILES string of the molecule is CNC(=O)c1cnc(N(Cc2ccccc2)Cc2ccccc2)c2[nH]c(-c3cccn(-c4ncc(C)s4)c3=O)cc12. The first-order chi connectivity index (χ1) is 20.0. The van der Waals surface area contributed by atoms with Gasteiger partial charge in [-0.05, 0) is 36.2 Å². The van der Waals surface area contributed by atoms with E-state index in [9.17, 15) is 9.59 Å². The number of anilines is 1.